The standard InChI is InChI=1S/C34H31BrN6O4S/c1-21-6-4-7-28(22(21)2)40-31(19-36-33(43)30-8-5-17-45-30)37-38-34(40)46-20-32(42)41-29(24-11-15-26(44-3)16-12-24)18-27(39-41)23-9-13-25(35)14-10-23/h4-17,29H,18-20H2,1-3H3,(H,36,43). The first-order chi connectivity index (χ1) is 22.3. The number of carbonyl (C=O) groups excluding carboxylic acids is 2. The molecule has 0 aliphatic carbocycles. The lowest BCUT2D eigenvalue weighted by Gasteiger charge is -2.22. The third kappa shape index (κ3) is 6.63. The quantitative estimate of drug-likeness (QED) is 0.163. The molecule has 0 fully saturated rings. The highest BCUT2D eigenvalue weighted by molar-refractivity contribution is 9.10. The number of methoxy groups -OCH3 is 1. The minimum absolute atomic E-state index is 0.0749. The van der Waals surface area contributed by atoms with E-state index in [0.717, 1.165) is 43.9 Å². The highest BCUT2D eigenvalue weighted by atomic mass is 79.9. The van der Waals surface area contributed by atoms with E-state index in [4.69, 9.17) is 14.3 Å². The van der Waals surface area contributed by atoms with E-state index in [1.807, 2.05) is 85.1 Å². The number of rotatable bonds is 10. The molecule has 3 aromatic carbocycles. The van der Waals surface area contributed by atoms with Gasteiger partial charge in [0.05, 0.1) is 43.1 Å². The Morgan fingerprint density at radius 3 is 2.52 bits per heavy atom. The summed E-state index contributed by atoms with van der Waals surface area (Å²) in [5.41, 5.74) is 5.76. The predicted molar refractivity (Wildman–Crippen MR) is 179 cm³/mol. The molecule has 0 spiro atoms. The van der Waals surface area contributed by atoms with Crippen LogP contribution in [0.5, 0.6) is 5.75 Å². The fourth-order valence-corrected chi connectivity index (χ4v) is 6.30. The van der Waals surface area contributed by atoms with Gasteiger partial charge in [0.1, 0.15) is 5.75 Å². The van der Waals surface area contributed by atoms with E-state index in [-0.39, 0.29) is 35.9 Å². The van der Waals surface area contributed by atoms with Crippen LogP contribution in [-0.2, 0) is 11.3 Å². The smallest absolute Gasteiger partial charge is 0.287 e. The van der Waals surface area contributed by atoms with Crippen LogP contribution in [0.3, 0.4) is 0 Å². The van der Waals surface area contributed by atoms with Crippen molar-refractivity contribution in [2.24, 2.45) is 5.10 Å². The van der Waals surface area contributed by atoms with Crippen LogP contribution in [0.2, 0.25) is 0 Å². The van der Waals surface area contributed by atoms with Crippen molar-refractivity contribution in [1.82, 2.24) is 25.1 Å². The zero-order chi connectivity index (χ0) is 32.2. The molecule has 0 bridgehead atoms. The predicted octanol–water partition coefficient (Wildman–Crippen LogP) is 6.65. The number of carbonyl (C=O) groups is 2. The Morgan fingerprint density at radius 2 is 1.80 bits per heavy atom. The number of halogens is 1. The summed E-state index contributed by atoms with van der Waals surface area (Å²) in [7, 11) is 1.63. The number of aryl methyl sites for hydroxylation is 1. The van der Waals surface area contributed by atoms with Crippen LogP contribution in [0, 0.1) is 13.8 Å². The summed E-state index contributed by atoms with van der Waals surface area (Å²) < 4.78 is 13.4. The number of benzene rings is 3. The van der Waals surface area contributed by atoms with E-state index in [1.165, 1.54) is 18.0 Å². The van der Waals surface area contributed by atoms with Gasteiger partial charge in [-0.05, 0) is 78.6 Å². The minimum atomic E-state index is -0.358. The Kier molecular flexibility index (Phi) is 9.36. The first kappa shape index (κ1) is 31.3. The van der Waals surface area contributed by atoms with Gasteiger partial charge < -0.3 is 14.5 Å². The average molecular weight is 700 g/mol. The Balaban J connectivity index is 1.27. The molecule has 46 heavy (non-hydrogen) atoms. The molecule has 0 saturated carbocycles. The molecule has 2 amide bonds. The normalized spacial score (nSPS) is 14.3. The van der Waals surface area contributed by atoms with E-state index in [9.17, 15) is 9.59 Å². The number of hydrazone groups is 1. The lowest BCUT2D eigenvalue weighted by atomic mass is 9.98. The third-order valence-corrected chi connectivity index (χ3v) is 9.28. The molecule has 1 N–H and O–H groups in total. The van der Waals surface area contributed by atoms with Crippen molar-refractivity contribution < 1.29 is 18.7 Å². The molecular formula is C34H31BrN6O4S. The molecule has 1 aliphatic rings. The molecule has 1 unspecified atom stereocenters. The van der Waals surface area contributed by atoms with E-state index in [0.29, 0.717) is 17.4 Å². The van der Waals surface area contributed by atoms with Crippen molar-refractivity contribution in [3.8, 4) is 11.4 Å². The Labute approximate surface area is 279 Å². The molecule has 3 heterocycles. The van der Waals surface area contributed by atoms with Crippen LogP contribution in [0.4, 0.5) is 0 Å². The van der Waals surface area contributed by atoms with Crippen molar-refractivity contribution in [2.45, 2.75) is 38.0 Å². The summed E-state index contributed by atoms with van der Waals surface area (Å²) in [5.74, 6) is 1.02. The monoisotopic (exact) mass is 698 g/mol. The van der Waals surface area contributed by atoms with E-state index >= 15 is 0 Å². The van der Waals surface area contributed by atoms with Gasteiger partial charge in [0.15, 0.2) is 16.7 Å². The van der Waals surface area contributed by atoms with Crippen molar-refractivity contribution in [1.29, 1.82) is 0 Å². The summed E-state index contributed by atoms with van der Waals surface area (Å²) in [6, 6.07) is 24.6. The van der Waals surface area contributed by atoms with Gasteiger partial charge in [-0.15, -0.1) is 10.2 Å². The summed E-state index contributed by atoms with van der Waals surface area (Å²) in [6.45, 7) is 4.17. The van der Waals surface area contributed by atoms with E-state index in [1.54, 1.807) is 24.3 Å². The van der Waals surface area contributed by atoms with Gasteiger partial charge in [-0.25, -0.2) is 5.01 Å². The first-order valence-corrected chi connectivity index (χ1v) is 16.3. The number of furan rings is 1. The van der Waals surface area contributed by atoms with Crippen LogP contribution >= 0.6 is 27.7 Å². The molecule has 5 aromatic rings. The second kappa shape index (κ2) is 13.8. The number of hydrogen-bond donors (Lipinski definition) is 1. The minimum Gasteiger partial charge on any atom is -0.497 e. The molecule has 10 nitrogen and oxygen atoms in total. The Morgan fingerprint density at radius 1 is 1.02 bits per heavy atom. The third-order valence-electron chi connectivity index (χ3n) is 7.84. The number of nitrogens with one attached hydrogen (secondary N) is 1. The lowest BCUT2D eigenvalue weighted by molar-refractivity contribution is -0.130. The first-order valence-electron chi connectivity index (χ1n) is 14.6. The van der Waals surface area contributed by atoms with Crippen LogP contribution < -0.4 is 10.1 Å². The number of hydrogen-bond acceptors (Lipinski definition) is 8. The van der Waals surface area contributed by atoms with Gasteiger partial charge in [-0.1, -0.05) is 64.1 Å². The average Bonchev–Trinajstić information content (AvgIpc) is 3.85. The van der Waals surface area contributed by atoms with Crippen molar-refractivity contribution in [3.05, 3.63) is 123 Å². The molecule has 0 radical (unpaired) electrons. The molecule has 1 atom stereocenters. The van der Waals surface area contributed by atoms with Gasteiger partial charge in [0.2, 0.25) is 0 Å². The molecule has 0 saturated heterocycles. The van der Waals surface area contributed by atoms with Gasteiger partial charge in [0.25, 0.3) is 11.8 Å². The maximum Gasteiger partial charge on any atom is 0.287 e. The highest BCUT2D eigenvalue weighted by Gasteiger charge is 2.33. The summed E-state index contributed by atoms with van der Waals surface area (Å²) in [6.07, 6.45) is 2.02. The molecule has 2 aromatic heterocycles. The molecule has 6 rings (SSSR count). The zero-order valence-corrected chi connectivity index (χ0v) is 27.8. The topological polar surface area (TPSA) is 115 Å². The van der Waals surface area contributed by atoms with Gasteiger partial charge in [0, 0.05) is 10.9 Å². The van der Waals surface area contributed by atoms with Crippen LogP contribution in [0.25, 0.3) is 5.69 Å². The fraction of sp³-hybridized carbons (Fsp3) is 0.206. The zero-order valence-electron chi connectivity index (χ0n) is 25.4. The van der Waals surface area contributed by atoms with E-state index < -0.39 is 0 Å². The fourth-order valence-electron chi connectivity index (χ4n) is 5.22. The summed E-state index contributed by atoms with van der Waals surface area (Å²) in [4.78, 5) is 26.5. The van der Waals surface area contributed by atoms with Crippen molar-refractivity contribution in [3.63, 3.8) is 0 Å². The number of amides is 2. The van der Waals surface area contributed by atoms with Crippen LogP contribution in [0.15, 0.2) is 104 Å². The SMILES string of the molecule is COc1ccc(C2CC(c3ccc(Br)cc3)=NN2C(=O)CSc2nnc(CNC(=O)c3ccco3)n2-c2cccc(C)c2C)cc1. The van der Waals surface area contributed by atoms with Gasteiger partial charge >= 0.3 is 0 Å². The Bertz CT molecular complexity index is 1890. The highest BCUT2D eigenvalue weighted by Crippen LogP contribution is 2.35. The summed E-state index contributed by atoms with van der Waals surface area (Å²) in [5, 5.41) is 18.6. The molecule has 234 valence electrons. The Hall–Kier alpha value is -4.68. The van der Waals surface area contributed by atoms with Crippen LogP contribution in [0.1, 0.15) is 51.1 Å². The van der Waals surface area contributed by atoms with Crippen LogP contribution in [-0.4, -0.2) is 50.2 Å². The number of aromatic nitrogens is 3. The molecular weight excluding hydrogens is 668 g/mol. The molecule has 1 aliphatic heterocycles. The van der Waals surface area contributed by atoms with Crippen molar-refractivity contribution in [2.75, 3.05) is 12.9 Å². The maximum absolute atomic E-state index is 13.9. The lowest BCUT2D eigenvalue weighted by Crippen LogP contribution is -2.28. The molecule has 12 heteroatoms. The van der Waals surface area contributed by atoms with Gasteiger partial charge in [-0.3, -0.25) is 14.2 Å². The number of ether oxygens (including phenoxy) is 1. The second-order valence-electron chi connectivity index (χ2n) is 10.7. The number of thioether (sulfide) groups is 1. The van der Waals surface area contributed by atoms with E-state index in [2.05, 4.69) is 31.4 Å². The summed E-state index contributed by atoms with van der Waals surface area (Å²) >= 11 is 4.77. The second-order valence-corrected chi connectivity index (χ2v) is 12.5. The number of nitrogens with zero attached hydrogens (tertiary/aromatic N) is 5. The largest absolute Gasteiger partial charge is 0.497 e. The van der Waals surface area contributed by atoms with Gasteiger partial charge in [-0.2, -0.15) is 5.10 Å². The van der Waals surface area contributed by atoms with Crippen molar-refractivity contribution >= 4 is 45.2 Å². The maximum atomic E-state index is 13.9.